The summed E-state index contributed by atoms with van der Waals surface area (Å²) in [5.41, 5.74) is -0.927. The van der Waals surface area contributed by atoms with Crippen molar-refractivity contribution in [3.63, 3.8) is 0 Å². The van der Waals surface area contributed by atoms with Crippen molar-refractivity contribution >= 4 is 61.8 Å². The Hall–Kier alpha value is -1.06. The highest BCUT2D eigenvalue weighted by atomic mass is 28.4. The van der Waals surface area contributed by atoms with Crippen LogP contribution in [0.3, 0.4) is 0 Å². The van der Waals surface area contributed by atoms with Crippen LogP contribution >= 0.6 is 0 Å². The summed E-state index contributed by atoms with van der Waals surface area (Å²) in [6.07, 6.45) is -1.63. The lowest BCUT2D eigenvalue weighted by molar-refractivity contribution is -0.177. The first kappa shape index (κ1) is 42.1. The molecule has 0 amide bonds. The van der Waals surface area contributed by atoms with Crippen molar-refractivity contribution < 1.29 is 40.9 Å². The lowest BCUT2D eigenvalue weighted by atomic mass is 9.79. The number of carbonyl (C=O) groups is 2. The lowest BCUT2D eigenvalue weighted by Crippen LogP contribution is -2.64. The largest absolute Gasteiger partial charge is 0.542 e. The first-order valence-electron chi connectivity index (χ1n) is 16.8. The first-order chi connectivity index (χ1) is 20.8. The summed E-state index contributed by atoms with van der Waals surface area (Å²) in [7, 11) is -13.0. The summed E-state index contributed by atoms with van der Waals surface area (Å²) in [4.78, 5) is 28.2. The molecule has 0 bridgehead atoms. The average molecular weight is 761 g/mol. The molecule has 1 aliphatic rings. The Morgan fingerprint density at radius 3 is 1.43 bits per heavy atom. The van der Waals surface area contributed by atoms with Gasteiger partial charge in [0.05, 0.1) is 17.8 Å². The number of benzene rings is 1. The molecule has 1 saturated carbocycles. The molecule has 0 aromatic heterocycles. The molecule has 15 heteroatoms. The summed E-state index contributed by atoms with van der Waals surface area (Å²) in [6, 6.07) is 5.26. The third kappa shape index (κ3) is 14.8. The summed E-state index contributed by atoms with van der Waals surface area (Å²) < 4.78 is 45.7. The van der Waals surface area contributed by atoms with Gasteiger partial charge in [0.1, 0.15) is 11.5 Å². The van der Waals surface area contributed by atoms with Gasteiger partial charge in [0.15, 0.2) is 36.7 Å². The van der Waals surface area contributed by atoms with E-state index in [1.54, 1.807) is 18.2 Å². The molecule has 270 valence electrons. The van der Waals surface area contributed by atoms with Crippen LogP contribution in [-0.4, -0.2) is 85.8 Å². The minimum Gasteiger partial charge on any atom is -0.542 e. The Morgan fingerprint density at radius 1 is 0.596 bits per heavy atom. The Labute approximate surface area is 291 Å². The topological polar surface area (TPSA) is 98.8 Å². The summed E-state index contributed by atoms with van der Waals surface area (Å²) in [5.74, 6) is 0.302. The van der Waals surface area contributed by atoms with E-state index >= 15 is 0 Å². The van der Waals surface area contributed by atoms with Gasteiger partial charge in [-0.25, -0.2) is 4.79 Å². The van der Waals surface area contributed by atoms with E-state index in [1.165, 1.54) is 0 Å². The molecular formula is C32H64O9Si6. The highest BCUT2D eigenvalue weighted by Gasteiger charge is 2.57. The zero-order chi connectivity index (χ0) is 36.6. The lowest BCUT2D eigenvalue weighted by Gasteiger charge is -2.50. The molecule has 47 heavy (non-hydrogen) atoms. The molecule has 0 spiro atoms. The van der Waals surface area contributed by atoms with E-state index in [1.807, 2.05) is 19.6 Å². The Bertz CT molecular complexity index is 1220. The number of rotatable bonds is 14. The zero-order valence-corrected chi connectivity index (χ0v) is 38.6. The van der Waals surface area contributed by atoms with Crippen LogP contribution in [0.5, 0.6) is 11.5 Å². The van der Waals surface area contributed by atoms with Crippen LogP contribution in [0.25, 0.3) is 0 Å². The van der Waals surface area contributed by atoms with Crippen molar-refractivity contribution in [3.05, 3.63) is 23.8 Å². The molecule has 0 saturated heterocycles. The van der Waals surface area contributed by atoms with Crippen LogP contribution in [0, 0.1) is 0 Å². The van der Waals surface area contributed by atoms with Crippen LogP contribution < -0.4 is 8.85 Å². The average Bonchev–Trinajstić information content (AvgIpc) is 2.76. The molecule has 1 aliphatic carbocycles. The fourth-order valence-corrected chi connectivity index (χ4v) is 11.4. The predicted octanol–water partition coefficient (Wildman–Crippen LogP) is 8.84. The van der Waals surface area contributed by atoms with Gasteiger partial charge in [-0.3, -0.25) is 4.79 Å². The molecule has 0 heterocycles. The fraction of sp³-hybridized carbons (Fsp3) is 0.750. The zero-order valence-electron chi connectivity index (χ0n) is 32.6. The van der Waals surface area contributed by atoms with Crippen molar-refractivity contribution in [2.75, 3.05) is 0 Å². The van der Waals surface area contributed by atoms with Crippen molar-refractivity contribution in [2.24, 2.45) is 0 Å². The highest BCUT2D eigenvalue weighted by Crippen LogP contribution is 2.42. The molecule has 2 rings (SSSR count). The molecule has 0 N–H and O–H groups in total. The fourth-order valence-electron chi connectivity index (χ4n) is 5.38. The smallest absolute Gasteiger partial charge is 0.338 e. The minimum absolute atomic E-state index is 0.210. The number of carbonyl (C=O) groups excluding carboxylic acids is 2. The molecule has 1 fully saturated rings. The van der Waals surface area contributed by atoms with Gasteiger partial charge in [0.2, 0.25) is 25.0 Å². The molecule has 2 atom stereocenters. The maximum absolute atomic E-state index is 14.2. The van der Waals surface area contributed by atoms with Crippen LogP contribution in [0.4, 0.5) is 0 Å². The third-order valence-electron chi connectivity index (χ3n) is 6.33. The van der Waals surface area contributed by atoms with E-state index in [-0.39, 0.29) is 18.8 Å². The Morgan fingerprint density at radius 2 is 1.04 bits per heavy atom. The van der Waals surface area contributed by atoms with E-state index in [9.17, 15) is 9.59 Å². The molecule has 2 unspecified atom stereocenters. The van der Waals surface area contributed by atoms with E-state index in [0.29, 0.717) is 17.1 Å². The van der Waals surface area contributed by atoms with Gasteiger partial charge in [-0.1, -0.05) is 0 Å². The first-order valence-corrected chi connectivity index (χ1v) is 37.2. The van der Waals surface area contributed by atoms with Gasteiger partial charge in [0.25, 0.3) is 0 Å². The van der Waals surface area contributed by atoms with Gasteiger partial charge in [-0.15, -0.1) is 0 Å². The summed E-state index contributed by atoms with van der Waals surface area (Å²) in [5, 5.41) is 0. The molecule has 0 radical (unpaired) electrons. The van der Waals surface area contributed by atoms with E-state index in [0.717, 1.165) is 0 Å². The number of hydrogen-bond acceptors (Lipinski definition) is 9. The number of ether oxygens (including phenoxy) is 1. The molecule has 9 nitrogen and oxygen atoms in total. The minimum atomic E-state index is -2.29. The molecule has 0 aliphatic heterocycles. The molecule has 1 aromatic carbocycles. The second kappa shape index (κ2) is 14.7. The standard InChI is InChI=1S/C32H64O9Si6/c1-42(2,3)36-25-20-19-24(21-26(25)37-43(4,5)6)30(33)35-29-27(38-44(7,8)9)22-32(41-47(16,17)18,31(34)40-46(13,14)15)23-28(29)39-45(10,11)12/h19-21,27-29H,22-23H2,1-18H3. The predicted molar refractivity (Wildman–Crippen MR) is 206 cm³/mol. The second-order valence-corrected chi connectivity index (χ2v) is 45.3. The van der Waals surface area contributed by atoms with Crippen LogP contribution in [-0.2, 0) is 27.2 Å². The van der Waals surface area contributed by atoms with E-state index in [4.69, 9.17) is 31.3 Å². The number of hydrogen-bond donors (Lipinski definition) is 0. The van der Waals surface area contributed by atoms with Gasteiger partial charge in [0, 0.05) is 12.8 Å². The van der Waals surface area contributed by atoms with Crippen molar-refractivity contribution in [1.29, 1.82) is 0 Å². The Kier molecular flexibility index (Phi) is 13.1. The van der Waals surface area contributed by atoms with Crippen molar-refractivity contribution in [1.82, 2.24) is 0 Å². The molecular weight excluding hydrogens is 697 g/mol. The van der Waals surface area contributed by atoms with Gasteiger partial charge in [-0.05, 0) is 136 Å². The maximum Gasteiger partial charge on any atom is 0.338 e. The third-order valence-corrected chi connectivity index (χ3v) is 11.8. The van der Waals surface area contributed by atoms with Gasteiger partial charge < -0.3 is 31.3 Å². The SMILES string of the molecule is C[Si](C)(C)OC(=O)C1(O[Si](C)(C)C)CC(O[Si](C)(C)C)C(OC(=O)c2ccc(O[Si](C)(C)C)c(O[Si](C)(C)C)c2)C(O[Si](C)(C)C)C1. The van der Waals surface area contributed by atoms with Crippen LogP contribution in [0.2, 0.25) is 118 Å². The van der Waals surface area contributed by atoms with Gasteiger partial charge in [-0.2, -0.15) is 0 Å². The van der Waals surface area contributed by atoms with Crippen LogP contribution in [0.1, 0.15) is 23.2 Å². The maximum atomic E-state index is 14.2. The van der Waals surface area contributed by atoms with Gasteiger partial charge >= 0.3 is 11.9 Å². The molecule has 1 aromatic rings. The van der Waals surface area contributed by atoms with E-state index in [2.05, 4.69) is 98.2 Å². The Balaban J connectivity index is 2.68. The second-order valence-electron chi connectivity index (χ2n) is 18.6. The summed E-state index contributed by atoms with van der Waals surface area (Å²) in [6.45, 7) is 37.3. The summed E-state index contributed by atoms with van der Waals surface area (Å²) >= 11 is 0. The normalized spacial score (nSPS) is 23.2. The van der Waals surface area contributed by atoms with Crippen molar-refractivity contribution in [2.45, 2.75) is 155 Å². The monoisotopic (exact) mass is 760 g/mol. The van der Waals surface area contributed by atoms with E-state index < -0.39 is 79.8 Å². The highest BCUT2D eigenvalue weighted by molar-refractivity contribution is 6.72. The number of esters is 1. The van der Waals surface area contributed by atoms with Crippen LogP contribution in [0.15, 0.2) is 18.2 Å². The van der Waals surface area contributed by atoms with Crippen molar-refractivity contribution in [3.8, 4) is 11.5 Å². The quantitative estimate of drug-likeness (QED) is 0.136.